The number of esters is 2. The lowest BCUT2D eigenvalue weighted by Crippen LogP contribution is -2.50. The normalized spacial score (nSPS) is 30.1. The van der Waals surface area contributed by atoms with E-state index in [1.54, 1.807) is 45.9 Å². The Balaban J connectivity index is 1.38. The van der Waals surface area contributed by atoms with Crippen molar-refractivity contribution in [1.82, 2.24) is 20.4 Å². The summed E-state index contributed by atoms with van der Waals surface area (Å²) in [5.74, 6) is -8.69. The summed E-state index contributed by atoms with van der Waals surface area (Å²) in [6, 6.07) is 0. The van der Waals surface area contributed by atoms with Gasteiger partial charge in [0.25, 0.3) is 11.7 Å². The summed E-state index contributed by atoms with van der Waals surface area (Å²) in [7, 11) is 3.65. The molecule has 0 aromatic heterocycles. The number of amides is 1. The summed E-state index contributed by atoms with van der Waals surface area (Å²) in [5, 5.41) is 41.2. The fourth-order valence-corrected chi connectivity index (χ4v) is 9.25. The van der Waals surface area contributed by atoms with Crippen molar-refractivity contribution in [2.45, 2.75) is 118 Å². The Hall–Kier alpha value is -5.36. The van der Waals surface area contributed by atoms with E-state index in [0.29, 0.717) is 38.4 Å². The molecule has 8 atom stereocenters. The van der Waals surface area contributed by atoms with E-state index in [-0.39, 0.29) is 70.1 Å². The number of benzene rings is 1. The topological polar surface area (TPSA) is 226 Å². The molecule has 1 aromatic carbocycles. The van der Waals surface area contributed by atoms with Gasteiger partial charge in [0.15, 0.2) is 5.92 Å². The second-order valence-corrected chi connectivity index (χ2v) is 19.7. The van der Waals surface area contributed by atoms with E-state index < -0.39 is 88.6 Å². The van der Waals surface area contributed by atoms with Gasteiger partial charge < -0.3 is 54.7 Å². The fourth-order valence-electron chi connectivity index (χ4n) is 9.25. The molecular weight excluding hydrogens is 863 g/mol. The fraction of sp³-hybridized carbons (Fsp3) is 0.600. The Kier molecular flexibility index (Phi) is 15.6. The zero-order valence-electron chi connectivity index (χ0n) is 40.7. The van der Waals surface area contributed by atoms with E-state index in [4.69, 9.17) is 23.9 Å². The standard InChI is InChI=1S/C50H69N5O12/c1-26(2)25-55-20-18-50(19-21-55)52-37-34-35-42(58)31(7)44-36(34)45(60)49(9,67-44)65-23-13-12-17-33(66-48(63)32(8)47(62)64-24-22-54(10)11)29(5)41(57)30(6)40(56)27(3)15-14-16-28(4)46(61)51-39(43(35)59)38(37)53-50/h13-16,23,26-27,29-30,32-33,40-41,53,56-58H,12,17-22,24-25H2,1-11H3,(H,51,61)/b15-14+,23-13+,28-16-/t27-,29-,30+,32?,33+,40-,41?,49?/m0/s1. The van der Waals surface area contributed by atoms with Crippen LogP contribution in [-0.4, -0.2) is 137 Å². The number of rotatable bonds is 8. The maximum Gasteiger partial charge on any atom is 0.320 e. The lowest BCUT2D eigenvalue weighted by Gasteiger charge is -2.38. The number of hydrogen-bond donors (Lipinski definition) is 5. The third-order valence-corrected chi connectivity index (χ3v) is 13.6. The number of fused-ring (bicyclic) bond motifs is 13. The van der Waals surface area contributed by atoms with Gasteiger partial charge in [0, 0.05) is 80.4 Å². The molecule has 0 radical (unpaired) electrons. The van der Waals surface area contributed by atoms with Crippen molar-refractivity contribution < 1.29 is 58.2 Å². The summed E-state index contributed by atoms with van der Waals surface area (Å²) < 4.78 is 23.5. The van der Waals surface area contributed by atoms with Gasteiger partial charge in [-0.1, -0.05) is 52.8 Å². The number of Topliss-reactive ketones (excluding diaryl/α,β-unsaturated/α-hetero) is 2. The monoisotopic (exact) mass is 931 g/mol. The van der Waals surface area contributed by atoms with E-state index in [9.17, 15) is 39.3 Å². The Morgan fingerprint density at radius 1 is 0.985 bits per heavy atom. The Labute approximate surface area is 393 Å². The van der Waals surface area contributed by atoms with Crippen LogP contribution in [0.3, 0.4) is 0 Å². The highest BCUT2D eigenvalue weighted by Gasteiger charge is 2.54. The number of allylic oxidation sites excluding steroid dienone is 5. The molecule has 1 fully saturated rings. The third kappa shape index (κ3) is 10.5. The van der Waals surface area contributed by atoms with Crippen LogP contribution < -0.4 is 15.4 Å². The number of hydrogen-bond acceptors (Lipinski definition) is 16. The summed E-state index contributed by atoms with van der Waals surface area (Å²) >= 11 is 0. The summed E-state index contributed by atoms with van der Waals surface area (Å²) in [4.78, 5) is 79.0. The van der Waals surface area contributed by atoms with Gasteiger partial charge in [0.2, 0.25) is 5.78 Å². The number of likely N-dealkylation sites (N-methyl/N-ethyl adjacent to an activating group) is 1. The van der Waals surface area contributed by atoms with Crippen LogP contribution in [-0.2, 0) is 28.6 Å². The molecule has 1 saturated heterocycles. The predicted molar refractivity (Wildman–Crippen MR) is 249 cm³/mol. The number of aliphatic hydroxyl groups is 2. The smallest absolute Gasteiger partial charge is 0.320 e. The number of aromatic hydroxyl groups is 1. The largest absolute Gasteiger partial charge is 0.507 e. The number of phenols is 1. The van der Waals surface area contributed by atoms with E-state index in [0.717, 1.165) is 6.54 Å². The molecule has 5 bridgehead atoms. The summed E-state index contributed by atoms with van der Waals surface area (Å²) in [6.45, 7) is 18.2. The quantitative estimate of drug-likeness (QED) is 0.179. The maximum absolute atomic E-state index is 14.7. The van der Waals surface area contributed by atoms with Crippen molar-refractivity contribution in [3.8, 4) is 11.5 Å². The number of ether oxygens (including phenoxy) is 4. The van der Waals surface area contributed by atoms with Crippen LogP contribution in [0.4, 0.5) is 0 Å². The van der Waals surface area contributed by atoms with Gasteiger partial charge in [0.1, 0.15) is 35.6 Å². The number of nitrogens with one attached hydrogen (secondary N) is 2. The Bertz CT molecular complexity index is 2290. The van der Waals surface area contributed by atoms with E-state index in [1.807, 2.05) is 19.0 Å². The van der Waals surface area contributed by atoms with Gasteiger partial charge in [-0.25, -0.2) is 0 Å². The van der Waals surface area contributed by atoms with E-state index >= 15 is 0 Å². The number of carbonyl (C=O) groups excluding carboxylic acids is 5. The third-order valence-electron chi connectivity index (χ3n) is 13.6. The van der Waals surface area contributed by atoms with Gasteiger partial charge in [-0.15, -0.1) is 0 Å². The molecule has 3 unspecified atom stereocenters. The van der Waals surface area contributed by atoms with Crippen molar-refractivity contribution >= 4 is 35.1 Å². The second-order valence-electron chi connectivity index (χ2n) is 19.7. The first-order valence-corrected chi connectivity index (χ1v) is 23.4. The van der Waals surface area contributed by atoms with Crippen molar-refractivity contribution in [3.63, 3.8) is 0 Å². The molecule has 1 aromatic rings. The van der Waals surface area contributed by atoms with Gasteiger partial charge in [0.05, 0.1) is 41.0 Å². The molecule has 5 heterocycles. The van der Waals surface area contributed by atoms with Gasteiger partial charge >= 0.3 is 17.7 Å². The van der Waals surface area contributed by atoms with Crippen molar-refractivity contribution in [1.29, 1.82) is 0 Å². The number of likely N-dealkylation sites (tertiary alicyclic amines) is 1. The highest BCUT2D eigenvalue weighted by molar-refractivity contribution is 6.34. The first kappa shape index (κ1) is 51.0. The number of nitrogens with zero attached hydrogens (tertiary/aromatic N) is 3. The molecule has 5 N–H and O–H groups in total. The van der Waals surface area contributed by atoms with Crippen LogP contribution in [0.25, 0.3) is 0 Å². The average molecular weight is 932 g/mol. The zero-order chi connectivity index (χ0) is 49.3. The van der Waals surface area contributed by atoms with Gasteiger partial charge in [-0.3, -0.25) is 29.0 Å². The number of phenolic OH excluding ortho intramolecular Hbond substituents is 1. The number of aliphatic hydroxyl groups excluding tert-OH is 2. The highest BCUT2D eigenvalue weighted by Crippen LogP contribution is 2.50. The Morgan fingerprint density at radius 2 is 1.67 bits per heavy atom. The molecule has 5 aliphatic heterocycles. The molecule has 6 aliphatic rings. The van der Waals surface area contributed by atoms with Crippen LogP contribution in [0, 0.1) is 36.5 Å². The van der Waals surface area contributed by atoms with E-state index in [1.165, 1.54) is 33.1 Å². The van der Waals surface area contributed by atoms with E-state index in [2.05, 4.69) is 29.4 Å². The molecule has 67 heavy (non-hydrogen) atoms. The molecule has 17 nitrogen and oxygen atoms in total. The van der Waals surface area contributed by atoms with Crippen LogP contribution in [0.1, 0.15) is 113 Å². The minimum atomic E-state index is -1.96. The first-order chi connectivity index (χ1) is 31.5. The molecule has 7 rings (SSSR count). The number of ketones is 2. The lowest BCUT2D eigenvalue weighted by atomic mass is 9.81. The zero-order valence-corrected chi connectivity index (χ0v) is 40.7. The van der Waals surface area contributed by atoms with Crippen molar-refractivity contribution in [2.24, 2.45) is 34.6 Å². The predicted octanol–water partition coefficient (Wildman–Crippen LogP) is 4.47. The summed E-state index contributed by atoms with van der Waals surface area (Å²) in [5.41, 5.74) is -0.269. The molecule has 17 heteroatoms. The maximum atomic E-state index is 14.7. The first-order valence-electron chi connectivity index (χ1n) is 23.4. The molecule has 1 amide bonds. The Morgan fingerprint density at radius 3 is 2.33 bits per heavy atom. The van der Waals surface area contributed by atoms with Crippen molar-refractivity contribution in [3.05, 3.63) is 69.8 Å². The number of aliphatic imine (C=N–C) groups is 1. The SMILES string of the molecule is C/C1=C/C=C/[C@H](C)[C@H](O)[C@@H](C)C(O)[C@@H](C)[C@H](OC(=O)C(C)C(=O)OCCN(C)C)CC/C=C/OC2(C)Oc3c(C)c(O)c4c(c3C2=O)C2=NC3(CCN(CC(C)C)CC3)NC2=C(NC1=O)C4=O. The summed E-state index contributed by atoms with van der Waals surface area (Å²) in [6.07, 6.45) is 6.01. The van der Waals surface area contributed by atoms with Crippen LogP contribution in [0.5, 0.6) is 11.5 Å². The minimum absolute atomic E-state index is 0.0116. The second kappa shape index (κ2) is 20.5. The molecule has 1 spiro atoms. The van der Waals surface area contributed by atoms with Crippen LogP contribution in [0.2, 0.25) is 0 Å². The lowest BCUT2D eigenvalue weighted by molar-refractivity contribution is -0.168. The molecule has 0 saturated carbocycles. The molecule has 366 valence electrons. The van der Waals surface area contributed by atoms with Gasteiger partial charge in [-0.05, 0) is 59.7 Å². The van der Waals surface area contributed by atoms with Crippen LogP contribution >= 0.6 is 0 Å². The van der Waals surface area contributed by atoms with Crippen molar-refractivity contribution in [2.75, 3.05) is 46.9 Å². The van der Waals surface area contributed by atoms with Gasteiger partial charge in [-0.2, -0.15) is 0 Å². The molecule has 1 aliphatic carbocycles. The molecular formula is C50H69N5O12. The average Bonchev–Trinajstić information content (AvgIpc) is 3.78. The number of piperidine rings is 1. The van der Waals surface area contributed by atoms with Crippen LogP contribution in [0.15, 0.2) is 52.5 Å². The minimum Gasteiger partial charge on any atom is -0.507 e. The highest BCUT2D eigenvalue weighted by atomic mass is 16.7. The number of carbonyl (C=O) groups is 5.